The van der Waals surface area contributed by atoms with E-state index in [0.29, 0.717) is 17.1 Å². The zero-order chi connectivity index (χ0) is 16.4. The standard InChI is InChI=1S/C16H23N5OS.HI/c1-4-7-16(3)10-17-15(20-16)21(5-2)9-12-18-11-6-8-23-13(11)14(22)19-12;/h6,8H,4-5,7,9-10H2,1-3H3,(H,17,20)(H,18,19,22);1H. The average Bonchev–Trinajstić information content (AvgIpc) is 3.12. The highest BCUT2D eigenvalue weighted by Crippen LogP contribution is 2.19. The van der Waals surface area contributed by atoms with Gasteiger partial charge in [0, 0.05) is 6.54 Å². The lowest BCUT2D eigenvalue weighted by molar-refractivity contribution is 0.373. The molecule has 0 aliphatic carbocycles. The van der Waals surface area contributed by atoms with E-state index < -0.39 is 0 Å². The second kappa shape index (κ2) is 7.81. The number of nitrogens with zero attached hydrogens (tertiary/aromatic N) is 3. The van der Waals surface area contributed by atoms with Crippen LogP contribution in [-0.4, -0.2) is 39.5 Å². The minimum absolute atomic E-state index is 0. The molecule has 24 heavy (non-hydrogen) atoms. The van der Waals surface area contributed by atoms with Crippen LogP contribution in [0.15, 0.2) is 21.2 Å². The van der Waals surface area contributed by atoms with E-state index in [-0.39, 0.29) is 35.1 Å². The van der Waals surface area contributed by atoms with Crippen LogP contribution in [0.25, 0.3) is 10.2 Å². The molecular formula is C16H24IN5OS. The molecule has 1 aliphatic rings. The Morgan fingerprint density at radius 3 is 2.92 bits per heavy atom. The number of rotatable bonds is 5. The van der Waals surface area contributed by atoms with Gasteiger partial charge in [0.15, 0.2) is 5.96 Å². The number of hydrogen-bond acceptors (Lipinski definition) is 6. The van der Waals surface area contributed by atoms with Gasteiger partial charge in [0.05, 0.1) is 24.1 Å². The van der Waals surface area contributed by atoms with Crippen molar-refractivity contribution in [2.75, 3.05) is 13.1 Å². The van der Waals surface area contributed by atoms with Crippen molar-refractivity contribution in [2.45, 2.75) is 45.7 Å². The highest BCUT2D eigenvalue weighted by atomic mass is 127. The van der Waals surface area contributed by atoms with E-state index in [1.165, 1.54) is 11.3 Å². The van der Waals surface area contributed by atoms with Gasteiger partial charge in [-0.15, -0.1) is 35.3 Å². The third kappa shape index (κ3) is 3.90. The highest BCUT2D eigenvalue weighted by Gasteiger charge is 2.31. The van der Waals surface area contributed by atoms with Crippen molar-refractivity contribution < 1.29 is 0 Å². The van der Waals surface area contributed by atoms with E-state index in [4.69, 9.17) is 0 Å². The van der Waals surface area contributed by atoms with E-state index in [1.54, 1.807) is 0 Å². The van der Waals surface area contributed by atoms with E-state index in [1.807, 2.05) is 11.4 Å². The highest BCUT2D eigenvalue weighted by molar-refractivity contribution is 14.0. The zero-order valence-electron chi connectivity index (χ0n) is 14.3. The summed E-state index contributed by atoms with van der Waals surface area (Å²) in [6, 6.07) is 1.89. The maximum Gasteiger partial charge on any atom is 0.268 e. The maximum atomic E-state index is 12.1. The summed E-state index contributed by atoms with van der Waals surface area (Å²) in [6.07, 6.45) is 2.22. The molecule has 0 saturated carbocycles. The maximum absolute atomic E-state index is 12.1. The molecule has 0 saturated heterocycles. The van der Waals surface area contributed by atoms with Gasteiger partial charge in [0.25, 0.3) is 5.56 Å². The molecule has 8 heteroatoms. The summed E-state index contributed by atoms with van der Waals surface area (Å²) in [4.78, 5) is 26.3. The normalized spacial score (nSPS) is 19.7. The minimum Gasteiger partial charge on any atom is -0.349 e. The molecule has 0 spiro atoms. The summed E-state index contributed by atoms with van der Waals surface area (Å²) in [6.45, 7) is 8.62. The van der Waals surface area contributed by atoms with Crippen molar-refractivity contribution in [1.82, 2.24) is 20.2 Å². The number of fused-ring (bicyclic) bond motifs is 1. The monoisotopic (exact) mass is 461 g/mol. The first-order valence-electron chi connectivity index (χ1n) is 8.08. The van der Waals surface area contributed by atoms with Crippen molar-refractivity contribution in [1.29, 1.82) is 0 Å². The fourth-order valence-corrected chi connectivity index (χ4v) is 3.71. The van der Waals surface area contributed by atoms with Crippen LogP contribution in [0.1, 0.15) is 39.4 Å². The molecule has 6 nitrogen and oxygen atoms in total. The summed E-state index contributed by atoms with van der Waals surface area (Å²) >= 11 is 1.42. The number of thiophene rings is 1. The van der Waals surface area contributed by atoms with Gasteiger partial charge in [-0.05, 0) is 31.7 Å². The Kier molecular flexibility index (Phi) is 6.24. The number of aliphatic imine (C=N–C) groups is 1. The predicted octanol–water partition coefficient (Wildman–Crippen LogP) is 2.94. The number of hydrogen-bond donors (Lipinski definition) is 2. The molecular weight excluding hydrogens is 437 g/mol. The molecule has 1 atom stereocenters. The van der Waals surface area contributed by atoms with Gasteiger partial charge in [-0.25, -0.2) is 4.98 Å². The van der Waals surface area contributed by atoms with Gasteiger partial charge < -0.3 is 15.2 Å². The van der Waals surface area contributed by atoms with Crippen molar-refractivity contribution in [3.05, 3.63) is 27.6 Å². The molecule has 2 aromatic heterocycles. The first-order valence-corrected chi connectivity index (χ1v) is 8.96. The van der Waals surface area contributed by atoms with Gasteiger partial charge in [-0.2, -0.15) is 0 Å². The molecule has 0 radical (unpaired) electrons. The summed E-state index contributed by atoms with van der Waals surface area (Å²) in [5.74, 6) is 1.58. The van der Waals surface area contributed by atoms with Crippen LogP contribution in [-0.2, 0) is 6.54 Å². The first kappa shape index (κ1) is 19.2. The molecule has 2 aromatic rings. The Hall–Kier alpha value is -1.16. The lowest BCUT2D eigenvalue weighted by atomic mass is 9.98. The first-order chi connectivity index (χ1) is 11.0. The van der Waals surface area contributed by atoms with E-state index in [9.17, 15) is 4.79 Å². The quantitative estimate of drug-likeness (QED) is 0.672. The van der Waals surface area contributed by atoms with Crippen molar-refractivity contribution in [2.24, 2.45) is 4.99 Å². The number of H-pyrrole nitrogens is 1. The van der Waals surface area contributed by atoms with Gasteiger partial charge in [0.2, 0.25) is 0 Å². The van der Waals surface area contributed by atoms with Gasteiger partial charge >= 0.3 is 0 Å². The average molecular weight is 461 g/mol. The Balaban J connectivity index is 0.00000208. The molecule has 1 unspecified atom stereocenters. The molecule has 2 N–H and O–H groups in total. The zero-order valence-corrected chi connectivity index (χ0v) is 17.4. The fraction of sp³-hybridized carbons (Fsp3) is 0.562. The Morgan fingerprint density at radius 1 is 1.42 bits per heavy atom. The van der Waals surface area contributed by atoms with Crippen LogP contribution < -0.4 is 10.9 Å². The molecule has 0 aromatic carbocycles. The number of aromatic amines is 1. The Bertz CT molecular complexity index is 786. The summed E-state index contributed by atoms with van der Waals surface area (Å²) in [5, 5.41) is 5.44. The third-order valence-corrected chi connectivity index (χ3v) is 5.08. The SMILES string of the molecule is CCCC1(C)CN=C(N(CC)Cc2nc3ccsc3c(=O)[nH]2)N1.I. The molecule has 3 heterocycles. The summed E-state index contributed by atoms with van der Waals surface area (Å²) in [5.41, 5.74) is 0.741. The topological polar surface area (TPSA) is 73.4 Å². The number of nitrogens with one attached hydrogen (secondary N) is 2. The number of halogens is 1. The van der Waals surface area contributed by atoms with Crippen LogP contribution in [0.4, 0.5) is 0 Å². The van der Waals surface area contributed by atoms with Gasteiger partial charge in [-0.1, -0.05) is 13.3 Å². The molecule has 0 bridgehead atoms. The number of guanidine groups is 1. The lowest BCUT2D eigenvalue weighted by Crippen LogP contribution is -2.48. The van der Waals surface area contributed by atoms with E-state index in [0.717, 1.165) is 37.4 Å². The fourth-order valence-electron chi connectivity index (χ4n) is 2.98. The largest absolute Gasteiger partial charge is 0.349 e. The van der Waals surface area contributed by atoms with Crippen LogP contribution in [0.2, 0.25) is 0 Å². The van der Waals surface area contributed by atoms with Crippen LogP contribution >= 0.6 is 35.3 Å². The van der Waals surface area contributed by atoms with Crippen molar-refractivity contribution >= 4 is 51.5 Å². The molecule has 0 amide bonds. The van der Waals surface area contributed by atoms with E-state index >= 15 is 0 Å². The molecule has 132 valence electrons. The molecule has 0 fully saturated rings. The van der Waals surface area contributed by atoms with E-state index in [2.05, 4.69) is 45.9 Å². The van der Waals surface area contributed by atoms with Crippen molar-refractivity contribution in [3.8, 4) is 0 Å². The summed E-state index contributed by atoms with van der Waals surface area (Å²) < 4.78 is 0.684. The summed E-state index contributed by atoms with van der Waals surface area (Å²) in [7, 11) is 0. The third-order valence-electron chi connectivity index (χ3n) is 4.18. The molecule has 3 rings (SSSR count). The Labute approximate surface area is 162 Å². The minimum atomic E-state index is -0.0619. The van der Waals surface area contributed by atoms with Gasteiger partial charge in [0.1, 0.15) is 10.5 Å². The smallest absolute Gasteiger partial charge is 0.268 e. The van der Waals surface area contributed by atoms with Crippen LogP contribution in [0.3, 0.4) is 0 Å². The Morgan fingerprint density at radius 2 is 2.21 bits per heavy atom. The lowest BCUT2D eigenvalue weighted by Gasteiger charge is -2.28. The van der Waals surface area contributed by atoms with Crippen molar-refractivity contribution in [3.63, 3.8) is 0 Å². The van der Waals surface area contributed by atoms with Crippen LogP contribution in [0.5, 0.6) is 0 Å². The predicted molar refractivity (Wildman–Crippen MR) is 110 cm³/mol. The number of aromatic nitrogens is 2. The van der Waals surface area contributed by atoms with Crippen LogP contribution in [0, 0.1) is 0 Å². The second-order valence-electron chi connectivity index (χ2n) is 6.24. The van der Waals surface area contributed by atoms with Gasteiger partial charge in [-0.3, -0.25) is 9.79 Å². The second-order valence-corrected chi connectivity index (χ2v) is 7.15. The molecule has 1 aliphatic heterocycles.